The molecule has 0 aromatic heterocycles. The highest BCUT2D eigenvalue weighted by atomic mass is 79.9. The molecule has 1 amide bonds. The summed E-state index contributed by atoms with van der Waals surface area (Å²) in [5.41, 5.74) is 1.25. The van der Waals surface area contributed by atoms with Crippen molar-refractivity contribution in [1.29, 1.82) is 0 Å². The third-order valence-electron chi connectivity index (χ3n) is 3.18. The largest absolute Gasteiger partial charge is 0.380 e. The lowest BCUT2D eigenvalue weighted by Crippen LogP contribution is -2.28. The monoisotopic (exact) mass is 311 g/mol. The lowest BCUT2D eigenvalue weighted by Gasteiger charge is -2.05. The molecule has 2 atom stereocenters. The van der Waals surface area contributed by atoms with Crippen LogP contribution in [0.25, 0.3) is 0 Å². The van der Waals surface area contributed by atoms with Crippen LogP contribution in [-0.2, 0) is 9.53 Å². The molecule has 3 nitrogen and oxygen atoms in total. The van der Waals surface area contributed by atoms with Gasteiger partial charge in [0.05, 0.1) is 6.61 Å². The Bertz CT molecular complexity index is 405. The summed E-state index contributed by atoms with van der Waals surface area (Å²) in [5.74, 6) is 0.695. The highest BCUT2D eigenvalue weighted by Gasteiger charge is 2.43. The minimum Gasteiger partial charge on any atom is -0.380 e. The van der Waals surface area contributed by atoms with Crippen LogP contribution in [0.1, 0.15) is 24.8 Å². The first-order valence-electron chi connectivity index (χ1n) is 6.33. The van der Waals surface area contributed by atoms with E-state index < -0.39 is 0 Å². The van der Waals surface area contributed by atoms with Crippen molar-refractivity contribution in [2.45, 2.75) is 19.3 Å². The fraction of sp³-hybridized carbons (Fsp3) is 0.500. The summed E-state index contributed by atoms with van der Waals surface area (Å²) >= 11 is 3.41. The molecule has 0 radical (unpaired) electrons. The van der Waals surface area contributed by atoms with E-state index in [0.29, 0.717) is 25.7 Å². The van der Waals surface area contributed by atoms with Gasteiger partial charge >= 0.3 is 0 Å². The maximum Gasteiger partial charge on any atom is 0.223 e. The van der Waals surface area contributed by atoms with Crippen molar-refractivity contribution in [2.24, 2.45) is 5.92 Å². The third-order valence-corrected chi connectivity index (χ3v) is 3.70. The van der Waals surface area contributed by atoms with Crippen LogP contribution in [0, 0.1) is 5.92 Å². The van der Waals surface area contributed by atoms with E-state index in [1.807, 2.05) is 19.1 Å². The number of rotatable bonds is 6. The van der Waals surface area contributed by atoms with Crippen molar-refractivity contribution in [3.63, 3.8) is 0 Å². The third kappa shape index (κ3) is 3.56. The minimum atomic E-state index is 0.146. The Labute approximate surface area is 116 Å². The molecule has 1 fully saturated rings. The van der Waals surface area contributed by atoms with Crippen molar-refractivity contribution in [2.75, 3.05) is 19.8 Å². The molecule has 0 saturated heterocycles. The molecule has 1 aromatic rings. The summed E-state index contributed by atoms with van der Waals surface area (Å²) in [5, 5.41) is 2.92. The van der Waals surface area contributed by atoms with Crippen molar-refractivity contribution >= 4 is 21.8 Å². The Hall–Kier alpha value is -0.870. The smallest absolute Gasteiger partial charge is 0.223 e. The highest BCUT2D eigenvalue weighted by Crippen LogP contribution is 2.47. The summed E-state index contributed by atoms with van der Waals surface area (Å²) in [7, 11) is 0. The number of amides is 1. The lowest BCUT2D eigenvalue weighted by molar-refractivity contribution is -0.122. The van der Waals surface area contributed by atoms with E-state index in [4.69, 9.17) is 4.74 Å². The van der Waals surface area contributed by atoms with Crippen molar-refractivity contribution in [3.8, 4) is 0 Å². The fourth-order valence-corrected chi connectivity index (χ4v) is 2.35. The van der Waals surface area contributed by atoms with Gasteiger partial charge in [-0.15, -0.1) is 0 Å². The molecule has 1 aromatic carbocycles. The van der Waals surface area contributed by atoms with Gasteiger partial charge in [-0.1, -0.05) is 28.1 Å². The molecular formula is C14H18BrNO2. The van der Waals surface area contributed by atoms with Gasteiger partial charge in [-0.3, -0.25) is 4.79 Å². The van der Waals surface area contributed by atoms with Crippen LogP contribution in [0.3, 0.4) is 0 Å². The number of halogens is 1. The molecule has 0 heterocycles. The van der Waals surface area contributed by atoms with Gasteiger partial charge in [0.2, 0.25) is 5.91 Å². The summed E-state index contributed by atoms with van der Waals surface area (Å²) in [4.78, 5) is 11.8. The van der Waals surface area contributed by atoms with Crippen LogP contribution < -0.4 is 5.32 Å². The van der Waals surface area contributed by atoms with Crippen LogP contribution in [0.2, 0.25) is 0 Å². The second-order valence-corrected chi connectivity index (χ2v) is 5.40. The Morgan fingerprint density at radius 3 is 2.83 bits per heavy atom. The topological polar surface area (TPSA) is 38.3 Å². The number of nitrogens with one attached hydrogen (secondary N) is 1. The lowest BCUT2D eigenvalue weighted by atomic mass is 10.1. The molecule has 98 valence electrons. The van der Waals surface area contributed by atoms with E-state index in [1.165, 1.54) is 5.56 Å². The van der Waals surface area contributed by atoms with Gasteiger partial charge in [-0.25, -0.2) is 0 Å². The van der Waals surface area contributed by atoms with Crippen LogP contribution in [0.15, 0.2) is 28.7 Å². The molecular weight excluding hydrogens is 294 g/mol. The average molecular weight is 312 g/mol. The number of hydrogen-bond acceptors (Lipinski definition) is 2. The number of carbonyl (C=O) groups excluding carboxylic acids is 1. The van der Waals surface area contributed by atoms with Crippen molar-refractivity contribution in [1.82, 2.24) is 5.32 Å². The summed E-state index contributed by atoms with van der Waals surface area (Å²) < 4.78 is 6.26. The van der Waals surface area contributed by atoms with E-state index in [1.54, 1.807) is 0 Å². The summed E-state index contributed by atoms with van der Waals surface area (Å²) in [6.07, 6.45) is 0.960. The van der Waals surface area contributed by atoms with E-state index in [2.05, 4.69) is 33.4 Å². The second kappa shape index (κ2) is 6.34. The standard InChI is InChI=1S/C14H18BrNO2/c1-2-18-8-7-16-14(17)13-9-12(13)10-3-5-11(15)6-4-10/h3-6,12-13H,2,7-9H2,1H3,(H,16,17)/t12-,13+/m1/s1. The van der Waals surface area contributed by atoms with Crippen LogP contribution in [-0.4, -0.2) is 25.7 Å². The van der Waals surface area contributed by atoms with Gasteiger partial charge in [0.25, 0.3) is 0 Å². The first kappa shape index (κ1) is 13.6. The van der Waals surface area contributed by atoms with Crippen LogP contribution in [0.5, 0.6) is 0 Å². The first-order valence-corrected chi connectivity index (χ1v) is 7.12. The van der Waals surface area contributed by atoms with Gasteiger partial charge in [0.1, 0.15) is 0 Å². The van der Waals surface area contributed by atoms with E-state index in [0.717, 1.165) is 10.9 Å². The van der Waals surface area contributed by atoms with Gasteiger partial charge < -0.3 is 10.1 Å². The Morgan fingerprint density at radius 1 is 1.44 bits per heavy atom. The molecule has 0 spiro atoms. The maximum absolute atomic E-state index is 11.8. The molecule has 1 aliphatic carbocycles. The van der Waals surface area contributed by atoms with E-state index in [-0.39, 0.29) is 11.8 Å². The first-order chi connectivity index (χ1) is 8.72. The Kier molecular flexibility index (Phi) is 4.78. The molecule has 4 heteroatoms. The SMILES string of the molecule is CCOCCNC(=O)[C@H]1C[C@@H]1c1ccc(Br)cc1. The van der Waals surface area contributed by atoms with Crippen LogP contribution in [0.4, 0.5) is 0 Å². The minimum absolute atomic E-state index is 0.146. The van der Waals surface area contributed by atoms with Crippen molar-refractivity contribution in [3.05, 3.63) is 34.3 Å². The number of ether oxygens (including phenoxy) is 1. The highest BCUT2D eigenvalue weighted by molar-refractivity contribution is 9.10. The predicted molar refractivity (Wildman–Crippen MR) is 74.5 cm³/mol. The Morgan fingerprint density at radius 2 is 2.17 bits per heavy atom. The molecule has 0 unspecified atom stereocenters. The summed E-state index contributed by atoms with van der Waals surface area (Å²) in [6.45, 7) is 3.85. The maximum atomic E-state index is 11.8. The molecule has 18 heavy (non-hydrogen) atoms. The second-order valence-electron chi connectivity index (χ2n) is 4.49. The normalized spacial score (nSPS) is 21.7. The van der Waals surface area contributed by atoms with Gasteiger partial charge in [0, 0.05) is 23.5 Å². The molecule has 2 rings (SSSR count). The predicted octanol–water partition coefficient (Wildman–Crippen LogP) is 2.71. The quantitative estimate of drug-likeness (QED) is 0.820. The number of benzene rings is 1. The molecule has 0 aliphatic heterocycles. The number of hydrogen-bond donors (Lipinski definition) is 1. The average Bonchev–Trinajstić information content (AvgIpc) is 3.15. The number of carbonyl (C=O) groups is 1. The van der Waals surface area contributed by atoms with Crippen molar-refractivity contribution < 1.29 is 9.53 Å². The van der Waals surface area contributed by atoms with Gasteiger partial charge in [-0.2, -0.15) is 0 Å². The van der Waals surface area contributed by atoms with E-state index in [9.17, 15) is 4.79 Å². The fourth-order valence-electron chi connectivity index (χ4n) is 2.08. The Balaban J connectivity index is 1.76. The molecule has 0 bridgehead atoms. The summed E-state index contributed by atoms with van der Waals surface area (Å²) in [6, 6.07) is 8.22. The zero-order chi connectivity index (χ0) is 13.0. The molecule has 1 aliphatic rings. The zero-order valence-electron chi connectivity index (χ0n) is 10.5. The van der Waals surface area contributed by atoms with Gasteiger partial charge in [-0.05, 0) is 37.0 Å². The van der Waals surface area contributed by atoms with Gasteiger partial charge in [0.15, 0.2) is 0 Å². The zero-order valence-corrected chi connectivity index (χ0v) is 12.1. The molecule has 1 N–H and O–H groups in total. The van der Waals surface area contributed by atoms with Crippen LogP contribution >= 0.6 is 15.9 Å². The van der Waals surface area contributed by atoms with E-state index >= 15 is 0 Å². The molecule has 1 saturated carbocycles.